The summed E-state index contributed by atoms with van der Waals surface area (Å²) in [5.74, 6) is -2.92. The molecule has 0 atom stereocenters. The quantitative estimate of drug-likeness (QED) is 0.311. The second-order valence-corrected chi connectivity index (χ2v) is 8.23. The van der Waals surface area contributed by atoms with Gasteiger partial charge < -0.3 is 17.0 Å². The number of aliphatic hydroxyl groups excluding tert-OH is 1. The Labute approximate surface area is 241 Å². The Hall–Kier alpha value is -3.22. The zero-order valence-electron chi connectivity index (χ0n) is 20.7. The number of rotatable bonds is 6. The number of aliphatic hydroxyl groups is 1. The molecule has 38 heavy (non-hydrogen) atoms. The van der Waals surface area contributed by atoms with Gasteiger partial charge in [0.15, 0.2) is 0 Å². The molecule has 0 aliphatic carbocycles. The van der Waals surface area contributed by atoms with Crippen molar-refractivity contribution in [1.82, 2.24) is 15.1 Å². The largest absolute Gasteiger partial charge is 1.00 e. The Morgan fingerprint density at radius 3 is 2.29 bits per heavy atom. The van der Waals surface area contributed by atoms with E-state index in [1.54, 1.807) is 0 Å². The SMILES string of the molecule is O=C(O)c1ccc(-c2nn(C(=O)c3c(Cl)cccc3C(F)(F)F)c3cc(C(=O)NCCO)ccc23)cc1.[H-].[Na+]. The molecular weight excluding hydrogens is 538 g/mol. The van der Waals surface area contributed by atoms with Crippen molar-refractivity contribution in [3.05, 3.63) is 87.9 Å². The Morgan fingerprint density at radius 2 is 1.68 bits per heavy atom. The molecule has 0 fully saturated rings. The Kier molecular flexibility index (Phi) is 9.01. The summed E-state index contributed by atoms with van der Waals surface area (Å²) in [6, 6.07) is 12.6. The van der Waals surface area contributed by atoms with Crippen LogP contribution >= 0.6 is 11.6 Å². The van der Waals surface area contributed by atoms with E-state index in [2.05, 4.69) is 10.4 Å². The molecular formula is C25H18ClF3N3NaO5. The van der Waals surface area contributed by atoms with E-state index in [0.29, 0.717) is 10.9 Å². The van der Waals surface area contributed by atoms with Crippen molar-refractivity contribution in [2.75, 3.05) is 13.2 Å². The van der Waals surface area contributed by atoms with Crippen molar-refractivity contribution in [1.29, 1.82) is 0 Å². The average Bonchev–Trinajstić information content (AvgIpc) is 3.25. The van der Waals surface area contributed by atoms with Crippen molar-refractivity contribution < 1.29 is 68.8 Å². The van der Waals surface area contributed by atoms with Gasteiger partial charge in [-0.05, 0) is 42.5 Å². The van der Waals surface area contributed by atoms with Crippen LogP contribution in [-0.2, 0) is 6.18 Å². The van der Waals surface area contributed by atoms with Crippen LogP contribution in [-0.4, -0.2) is 50.9 Å². The van der Waals surface area contributed by atoms with Gasteiger partial charge in [-0.15, -0.1) is 0 Å². The summed E-state index contributed by atoms with van der Waals surface area (Å²) in [4.78, 5) is 37.2. The molecule has 0 unspecified atom stereocenters. The fraction of sp³-hybridized carbons (Fsp3) is 0.120. The van der Waals surface area contributed by atoms with Crippen molar-refractivity contribution in [2.45, 2.75) is 6.18 Å². The van der Waals surface area contributed by atoms with Gasteiger partial charge in [0.25, 0.3) is 11.8 Å². The first-order valence-corrected chi connectivity index (χ1v) is 11.1. The molecule has 13 heteroatoms. The summed E-state index contributed by atoms with van der Waals surface area (Å²) < 4.78 is 41.9. The Balaban J connectivity index is 0.00000267. The minimum absolute atomic E-state index is 0. The van der Waals surface area contributed by atoms with E-state index < -0.39 is 40.1 Å². The van der Waals surface area contributed by atoms with Crippen LogP contribution in [0, 0.1) is 0 Å². The first-order chi connectivity index (χ1) is 17.5. The predicted molar refractivity (Wildman–Crippen MR) is 129 cm³/mol. The zero-order chi connectivity index (χ0) is 26.9. The third-order valence-corrected chi connectivity index (χ3v) is 5.79. The third kappa shape index (κ3) is 5.77. The summed E-state index contributed by atoms with van der Waals surface area (Å²) in [5, 5.41) is 24.7. The van der Waals surface area contributed by atoms with E-state index in [1.165, 1.54) is 42.5 Å². The number of alkyl halides is 3. The van der Waals surface area contributed by atoms with E-state index in [0.717, 1.165) is 22.9 Å². The molecule has 3 N–H and O–H groups in total. The molecule has 0 saturated heterocycles. The third-order valence-electron chi connectivity index (χ3n) is 5.47. The molecule has 0 aliphatic rings. The van der Waals surface area contributed by atoms with Crippen molar-refractivity contribution in [3.63, 3.8) is 0 Å². The predicted octanol–water partition coefficient (Wildman–Crippen LogP) is 1.60. The second kappa shape index (κ2) is 11.7. The van der Waals surface area contributed by atoms with Gasteiger partial charge in [-0.3, -0.25) is 9.59 Å². The number of nitrogens with one attached hydrogen (secondary N) is 1. The van der Waals surface area contributed by atoms with E-state index in [9.17, 15) is 27.6 Å². The van der Waals surface area contributed by atoms with E-state index in [-0.39, 0.29) is 66.5 Å². The fourth-order valence-corrected chi connectivity index (χ4v) is 4.01. The van der Waals surface area contributed by atoms with E-state index in [4.69, 9.17) is 21.8 Å². The minimum Gasteiger partial charge on any atom is -1.00 e. The first-order valence-electron chi connectivity index (χ1n) is 10.7. The minimum atomic E-state index is -4.89. The normalized spacial score (nSPS) is 11.2. The molecule has 3 aromatic carbocycles. The molecule has 0 bridgehead atoms. The molecule has 1 aromatic heterocycles. The molecule has 0 saturated carbocycles. The van der Waals surface area contributed by atoms with Crippen LogP contribution in [0.2, 0.25) is 5.02 Å². The van der Waals surface area contributed by atoms with Crippen LogP contribution in [0.1, 0.15) is 38.1 Å². The number of fused-ring (bicyclic) bond motifs is 1. The maximum absolute atomic E-state index is 13.7. The molecule has 4 aromatic rings. The molecule has 0 aliphatic heterocycles. The van der Waals surface area contributed by atoms with Crippen LogP contribution in [0.4, 0.5) is 13.2 Å². The maximum atomic E-state index is 13.7. The van der Waals surface area contributed by atoms with Crippen LogP contribution in [0.3, 0.4) is 0 Å². The number of aromatic nitrogens is 2. The van der Waals surface area contributed by atoms with Gasteiger partial charge in [0.2, 0.25) is 0 Å². The second-order valence-electron chi connectivity index (χ2n) is 7.82. The number of hydrogen-bond acceptors (Lipinski definition) is 5. The van der Waals surface area contributed by atoms with E-state index in [1.807, 2.05) is 0 Å². The monoisotopic (exact) mass is 555 g/mol. The number of benzene rings is 3. The molecule has 0 radical (unpaired) electrons. The number of carbonyl (C=O) groups is 3. The standard InChI is InChI=1S/C25H17ClF3N3O5.Na.H/c26-18-3-1-2-17(25(27,28)29)20(18)23(35)32-19-12-15(22(34)30-10-11-33)8-9-16(19)21(31-32)13-4-6-14(7-5-13)24(36)37;;/h1-9,12,33H,10-11H2,(H,30,34)(H,36,37);;/q;+1;-1. The number of carboxylic acid groups (broad SMARTS) is 1. The summed E-state index contributed by atoms with van der Waals surface area (Å²) >= 11 is 6.04. The summed E-state index contributed by atoms with van der Waals surface area (Å²) in [6.07, 6.45) is -4.89. The molecule has 0 spiro atoms. The van der Waals surface area contributed by atoms with Gasteiger partial charge in [-0.1, -0.05) is 29.8 Å². The number of hydrogen-bond donors (Lipinski definition) is 3. The van der Waals surface area contributed by atoms with E-state index >= 15 is 0 Å². The van der Waals surface area contributed by atoms with Gasteiger partial charge in [-0.25, -0.2) is 4.79 Å². The smallest absolute Gasteiger partial charge is 1.00 e. The number of halogens is 4. The number of aromatic carboxylic acids is 1. The average molecular weight is 556 g/mol. The number of nitrogens with zero attached hydrogens (tertiary/aromatic N) is 2. The topological polar surface area (TPSA) is 122 Å². The molecule has 1 heterocycles. The van der Waals surface area contributed by atoms with Gasteiger partial charge in [-0.2, -0.15) is 23.0 Å². The molecule has 4 rings (SSSR count). The molecule has 8 nitrogen and oxygen atoms in total. The van der Waals surface area contributed by atoms with Gasteiger partial charge in [0.1, 0.15) is 5.69 Å². The van der Waals surface area contributed by atoms with Crippen LogP contribution in [0.5, 0.6) is 0 Å². The van der Waals surface area contributed by atoms with Crippen molar-refractivity contribution in [3.8, 4) is 11.3 Å². The van der Waals surface area contributed by atoms with Gasteiger partial charge >= 0.3 is 41.7 Å². The zero-order valence-corrected chi connectivity index (χ0v) is 22.5. The number of carboxylic acids is 1. The molecule has 1 amide bonds. The van der Waals surface area contributed by atoms with Crippen molar-refractivity contribution in [2.24, 2.45) is 0 Å². The summed E-state index contributed by atoms with van der Waals surface area (Å²) in [6.45, 7) is -0.349. The molecule has 192 valence electrons. The van der Waals surface area contributed by atoms with Crippen molar-refractivity contribution >= 4 is 40.3 Å². The van der Waals surface area contributed by atoms with Crippen LogP contribution < -0.4 is 34.9 Å². The summed E-state index contributed by atoms with van der Waals surface area (Å²) in [5.41, 5.74) is -1.43. The first kappa shape index (κ1) is 29.3. The van der Waals surface area contributed by atoms with Gasteiger partial charge in [0.05, 0.1) is 33.8 Å². The Morgan fingerprint density at radius 1 is 1.03 bits per heavy atom. The number of amides is 1. The van der Waals surface area contributed by atoms with Crippen LogP contribution in [0.15, 0.2) is 60.7 Å². The maximum Gasteiger partial charge on any atom is 1.00 e. The Bertz CT molecular complexity index is 1540. The fourth-order valence-electron chi connectivity index (χ4n) is 3.75. The summed E-state index contributed by atoms with van der Waals surface area (Å²) in [7, 11) is 0. The van der Waals surface area contributed by atoms with Crippen LogP contribution in [0.25, 0.3) is 22.2 Å². The number of carbonyl (C=O) groups excluding carboxylic acids is 2. The van der Waals surface area contributed by atoms with Gasteiger partial charge in [0, 0.05) is 23.1 Å².